The molecule has 0 unspecified atom stereocenters. The fraction of sp³-hybridized carbons (Fsp3) is 0.375. The Labute approximate surface area is 143 Å². The number of hydrogen-bond donors (Lipinski definition) is 1. The molecule has 1 aliphatic heterocycles. The first-order valence-electron chi connectivity index (χ1n) is 7.56. The van der Waals surface area contributed by atoms with E-state index in [1.54, 1.807) is 12.0 Å². The molecule has 0 spiro atoms. The lowest BCUT2D eigenvalue weighted by molar-refractivity contribution is -0.122. The molecule has 2 aromatic rings. The molecule has 1 aliphatic rings. The van der Waals surface area contributed by atoms with E-state index in [1.165, 1.54) is 11.3 Å². The van der Waals surface area contributed by atoms with Crippen molar-refractivity contribution in [3.63, 3.8) is 0 Å². The number of rotatable bonds is 5. The van der Waals surface area contributed by atoms with Crippen LogP contribution >= 0.6 is 11.3 Å². The van der Waals surface area contributed by atoms with E-state index in [4.69, 9.17) is 4.74 Å². The molecule has 0 saturated carbocycles. The van der Waals surface area contributed by atoms with Gasteiger partial charge in [-0.15, -0.1) is 10.2 Å². The van der Waals surface area contributed by atoms with E-state index in [0.717, 1.165) is 11.3 Å². The van der Waals surface area contributed by atoms with Crippen LogP contribution in [0.4, 0.5) is 10.8 Å². The Morgan fingerprint density at radius 1 is 1.46 bits per heavy atom. The van der Waals surface area contributed by atoms with Gasteiger partial charge in [-0.25, -0.2) is 0 Å². The summed E-state index contributed by atoms with van der Waals surface area (Å²) in [6.07, 6.45) is 0.198. The number of aryl methyl sites for hydroxylation is 1. The molecule has 7 nitrogen and oxygen atoms in total. The third-order valence-electron chi connectivity index (χ3n) is 3.77. The highest BCUT2D eigenvalue weighted by atomic mass is 32.1. The number of carbonyl (C=O) groups excluding carboxylic acids is 2. The second kappa shape index (κ2) is 7.06. The minimum Gasteiger partial charge on any atom is -0.377 e. The maximum Gasteiger partial charge on any atom is 0.231 e. The van der Waals surface area contributed by atoms with E-state index < -0.39 is 5.92 Å². The molecular formula is C16H18N4O3S. The van der Waals surface area contributed by atoms with Gasteiger partial charge in [0.1, 0.15) is 11.6 Å². The summed E-state index contributed by atoms with van der Waals surface area (Å²) in [5, 5.41) is 11.7. The van der Waals surface area contributed by atoms with Crippen molar-refractivity contribution in [2.75, 3.05) is 23.9 Å². The fourth-order valence-electron chi connectivity index (χ4n) is 2.62. The third-order valence-corrected chi connectivity index (χ3v) is 4.59. The number of aromatic nitrogens is 2. The van der Waals surface area contributed by atoms with Crippen LogP contribution in [0.15, 0.2) is 24.3 Å². The molecule has 0 radical (unpaired) electrons. The normalized spacial score (nSPS) is 17.3. The Morgan fingerprint density at radius 2 is 2.29 bits per heavy atom. The lowest BCUT2D eigenvalue weighted by atomic mass is 10.1. The number of amides is 2. The van der Waals surface area contributed by atoms with Crippen LogP contribution in [0.2, 0.25) is 0 Å². The maximum absolute atomic E-state index is 12.4. The second-order valence-corrected chi connectivity index (χ2v) is 6.73. The quantitative estimate of drug-likeness (QED) is 0.895. The summed E-state index contributed by atoms with van der Waals surface area (Å²) in [7, 11) is 1.57. The Morgan fingerprint density at radius 3 is 3.04 bits per heavy atom. The first-order valence-corrected chi connectivity index (χ1v) is 8.37. The number of hydrogen-bond acceptors (Lipinski definition) is 6. The van der Waals surface area contributed by atoms with Crippen LogP contribution in [0.3, 0.4) is 0 Å². The Kier molecular flexibility index (Phi) is 4.86. The SMILES string of the molecule is COCc1nnc(NC(=O)[C@@H]2CC(=O)N(c3cccc(C)c3)C2)s1. The minimum atomic E-state index is -0.396. The van der Waals surface area contributed by atoms with Gasteiger partial charge in [-0.05, 0) is 24.6 Å². The first kappa shape index (κ1) is 16.5. The molecular weight excluding hydrogens is 328 g/mol. The van der Waals surface area contributed by atoms with Gasteiger partial charge < -0.3 is 15.0 Å². The van der Waals surface area contributed by atoms with Crippen molar-refractivity contribution in [2.24, 2.45) is 5.92 Å². The molecule has 1 aromatic heterocycles. The van der Waals surface area contributed by atoms with Crippen LogP contribution in [0.25, 0.3) is 0 Å². The summed E-state index contributed by atoms with van der Waals surface area (Å²) >= 11 is 1.27. The predicted octanol–water partition coefficient (Wildman–Crippen LogP) is 1.98. The summed E-state index contributed by atoms with van der Waals surface area (Å²) in [5.74, 6) is -0.649. The van der Waals surface area contributed by atoms with Crippen LogP contribution in [-0.2, 0) is 20.9 Å². The van der Waals surface area contributed by atoms with Crippen LogP contribution < -0.4 is 10.2 Å². The molecule has 24 heavy (non-hydrogen) atoms. The van der Waals surface area contributed by atoms with Gasteiger partial charge in [-0.1, -0.05) is 23.5 Å². The molecule has 0 bridgehead atoms. The zero-order valence-corrected chi connectivity index (χ0v) is 14.3. The lowest BCUT2D eigenvalue weighted by Crippen LogP contribution is -2.28. The Balaban J connectivity index is 1.65. The predicted molar refractivity (Wildman–Crippen MR) is 90.9 cm³/mol. The molecule has 1 atom stereocenters. The summed E-state index contributed by atoms with van der Waals surface area (Å²) < 4.78 is 4.98. The molecule has 1 fully saturated rings. The van der Waals surface area contributed by atoms with E-state index in [2.05, 4.69) is 15.5 Å². The lowest BCUT2D eigenvalue weighted by Gasteiger charge is -2.17. The average Bonchev–Trinajstić information content (AvgIpc) is 3.14. The molecule has 1 N–H and O–H groups in total. The van der Waals surface area contributed by atoms with E-state index in [9.17, 15) is 9.59 Å². The summed E-state index contributed by atoms with van der Waals surface area (Å²) in [6.45, 7) is 2.70. The molecule has 1 saturated heterocycles. The topological polar surface area (TPSA) is 84.4 Å². The van der Waals surface area contributed by atoms with Crippen molar-refractivity contribution in [1.82, 2.24) is 10.2 Å². The fourth-order valence-corrected chi connectivity index (χ4v) is 3.34. The number of nitrogens with one attached hydrogen (secondary N) is 1. The van der Waals surface area contributed by atoms with Crippen molar-refractivity contribution in [3.8, 4) is 0 Å². The van der Waals surface area contributed by atoms with E-state index >= 15 is 0 Å². The van der Waals surface area contributed by atoms with E-state index in [-0.39, 0.29) is 18.2 Å². The number of methoxy groups -OCH3 is 1. The number of carbonyl (C=O) groups is 2. The van der Waals surface area contributed by atoms with Gasteiger partial charge >= 0.3 is 0 Å². The summed E-state index contributed by atoms with van der Waals surface area (Å²) in [4.78, 5) is 26.3. The van der Waals surface area contributed by atoms with Crippen molar-refractivity contribution < 1.29 is 14.3 Å². The van der Waals surface area contributed by atoms with Crippen molar-refractivity contribution in [2.45, 2.75) is 20.0 Å². The number of benzene rings is 1. The summed E-state index contributed by atoms with van der Waals surface area (Å²) in [5.41, 5.74) is 1.90. The summed E-state index contributed by atoms with van der Waals surface area (Å²) in [6, 6.07) is 7.71. The largest absolute Gasteiger partial charge is 0.377 e. The second-order valence-electron chi connectivity index (χ2n) is 5.67. The Hall–Kier alpha value is -2.32. The molecule has 3 rings (SSSR count). The Bertz CT molecular complexity index is 761. The van der Waals surface area contributed by atoms with Gasteiger partial charge in [0.15, 0.2) is 0 Å². The van der Waals surface area contributed by atoms with Gasteiger partial charge in [-0.3, -0.25) is 9.59 Å². The molecule has 2 heterocycles. The monoisotopic (exact) mass is 346 g/mol. The van der Waals surface area contributed by atoms with Crippen LogP contribution in [0.1, 0.15) is 17.0 Å². The van der Waals surface area contributed by atoms with Gasteiger partial charge in [0.25, 0.3) is 0 Å². The first-order chi connectivity index (χ1) is 11.6. The zero-order chi connectivity index (χ0) is 17.1. The van der Waals surface area contributed by atoms with E-state index in [0.29, 0.717) is 23.3 Å². The minimum absolute atomic E-state index is 0.0434. The van der Waals surface area contributed by atoms with Crippen molar-refractivity contribution in [3.05, 3.63) is 34.8 Å². The van der Waals surface area contributed by atoms with Gasteiger partial charge in [0.05, 0.1) is 5.92 Å². The average molecular weight is 346 g/mol. The van der Waals surface area contributed by atoms with Crippen molar-refractivity contribution in [1.29, 1.82) is 0 Å². The molecule has 1 aromatic carbocycles. The number of anilines is 2. The standard InChI is InChI=1S/C16H18N4O3S/c1-10-4-3-5-12(6-10)20-8-11(7-14(20)21)15(22)17-16-19-18-13(24-16)9-23-2/h3-6,11H,7-9H2,1-2H3,(H,17,19,22)/t11-/m1/s1. The van der Waals surface area contributed by atoms with Crippen LogP contribution in [0.5, 0.6) is 0 Å². The van der Waals surface area contributed by atoms with Crippen LogP contribution in [-0.4, -0.2) is 35.7 Å². The molecule has 2 amide bonds. The third kappa shape index (κ3) is 3.60. The highest BCUT2D eigenvalue weighted by molar-refractivity contribution is 7.15. The molecule has 126 valence electrons. The van der Waals surface area contributed by atoms with Crippen LogP contribution in [0, 0.1) is 12.8 Å². The number of ether oxygens (including phenoxy) is 1. The van der Waals surface area contributed by atoms with Gasteiger partial charge in [0, 0.05) is 25.8 Å². The van der Waals surface area contributed by atoms with E-state index in [1.807, 2.05) is 31.2 Å². The highest BCUT2D eigenvalue weighted by Crippen LogP contribution is 2.27. The number of nitrogens with zero attached hydrogens (tertiary/aromatic N) is 3. The molecule has 8 heteroatoms. The maximum atomic E-state index is 12.4. The van der Waals surface area contributed by atoms with Gasteiger partial charge in [0.2, 0.25) is 16.9 Å². The zero-order valence-electron chi connectivity index (χ0n) is 13.5. The highest BCUT2D eigenvalue weighted by Gasteiger charge is 2.35. The smallest absolute Gasteiger partial charge is 0.231 e. The van der Waals surface area contributed by atoms with Crippen molar-refractivity contribution >= 4 is 34.0 Å². The van der Waals surface area contributed by atoms with Gasteiger partial charge in [-0.2, -0.15) is 0 Å². The molecule has 0 aliphatic carbocycles.